The first-order valence-electron chi connectivity index (χ1n) is 10.1. The van der Waals surface area contributed by atoms with Gasteiger partial charge in [-0.3, -0.25) is 0 Å². The van der Waals surface area contributed by atoms with E-state index in [1.165, 1.54) is 18.2 Å². The van der Waals surface area contributed by atoms with E-state index in [4.69, 9.17) is 9.47 Å². The first-order valence-corrected chi connectivity index (χ1v) is 10.1. The summed E-state index contributed by atoms with van der Waals surface area (Å²) in [5.41, 5.74) is 2.23. The second kappa shape index (κ2) is 8.63. The molecule has 0 saturated heterocycles. The summed E-state index contributed by atoms with van der Waals surface area (Å²) in [6.07, 6.45) is 0.212. The van der Waals surface area contributed by atoms with Crippen molar-refractivity contribution in [3.05, 3.63) is 59.4 Å². The van der Waals surface area contributed by atoms with Crippen LogP contribution in [0.3, 0.4) is 0 Å². The lowest BCUT2D eigenvalue weighted by molar-refractivity contribution is 0.0361. The number of halogens is 3. The van der Waals surface area contributed by atoms with Crippen molar-refractivity contribution in [3.8, 4) is 11.3 Å². The van der Waals surface area contributed by atoms with Gasteiger partial charge in [-0.05, 0) is 67.1 Å². The molecule has 0 unspecified atom stereocenters. The van der Waals surface area contributed by atoms with Crippen LogP contribution in [0.25, 0.3) is 22.2 Å². The maximum Gasteiger partial charge on any atom is 0.407 e. The smallest absolute Gasteiger partial charge is 0.407 e. The number of aromatic nitrogens is 1. The predicted octanol–water partition coefficient (Wildman–Crippen LogP) is 5.26. The number of carbonyl (C=O) groups excluding carboxylic acids is 1. The van der Waals surface area contributed by atoms with Crippen LogP contribution < -0.4 is 5.32 Å². The molecule has 0 spiro atoms. The molecule has 3 aromatic rings. The molecule has 0 radical (unpaired) electrons. The molecule has 1 heterocycles. The zero-order valence-electron chi connectivity index (χ0n) is 17.2. The van der Waals surface area contributed by atoms with Gasteiger partial charge in [-0.1, -0.05) is 0 Å². The molecule has 1 fully saturated rings. The predicted molar refractivity (Wildman–Crippen MR) is 110 cm³/mol. The van der Waals surface area contributed by atoms with Gasteiger partial charge >= 0.3 is 6.09 Å². The van der Waals surface area contributed by atoms with Gasteiger partial charge in [0.25, 0.3) is 0 Å². The summed E-state index contributed by atoms with van der Waals surface area (Å²) in [4.78, 5) is 15.1. The molecule has 1 amide bonds. The van der Waals surface area contributed by atoms with Crippen molar-refractivity contribution in [2.75, 3.05) is 13.7 Å². The first kappa shape index (κ1) is 21.2. The number of rotatable bonds is 6. The van der Waals surface area contributed by atoms with Gasteiger partial charge in [0.05, 0.1) is 23.9 Å². The van der Waals surface area contributed by atoms with Gasteiger partial charge in [0.15, 0.2) is 0 Å². The van der Waals surface area contributed by atoms with Gasteiger partial charge in [0.1, 0.15) is 23.6 Å². The van der Waals surface area contributed by atoms with E-state index in [2.05, 4.69) is 10.3 Å². The number of carbonyl (C=O) groups is 1. The number of benzene rings is 2. The van der Waals surface area contributed by atoms with Crippen molar-refractivity contribution >= 4 is 17.0 Å². The van der Waals surface area contributed by atoms with Crippen molar-refractivity contribution in [3.63, 3.8) is 0 Å². The molecule has 1 atom stereocenters. The van der Waals surface area contributed by atoms with Gasteiger partial charge < -0.3 is 19.8 Å². The second-order valence-electron chi connectivity index (χ2n) is 7.93. The fraction of sp³-hybridized carbons (Fsp3) is 0.348. The van der Waals surface area contributed by atoms with Crippen LogP contribution in [0.2, 0.25) is 0 Å². The van der Waals surface area contributed by atoms with E-state index in [1.54, 1.807) is 26.2 Å². The standard InChI is InChI=1S/C23H23F3N2O3/c1-12(11-30-2)27-23(29)31-17-7-14(8-17)20-18-9-16(25)10-19(26)22(18)28-21(20)13-3-5-15(24)6-4-13/h3-6,9-10,12,14,17,28H,7-8,11H2,1-2H3,(H,27,29)/t12-,14?,17?/m0/s1. The Bertz CT molecular complexity index is 1090. The summed E-state index contributed by atoms with van der Waals surface area (Å²) >= 11 is 0. The fourth-order valence-corrected chi connectivity index (χ4v) is 4.08. The van der Waals surface area contributed by atoms with Crippen LogP contribution in [0.5, 0.6) is 0 Å². The summed E-state index contributed by atoms with van der Waals surface area (Å²) in [7, 11) is 1.55. The average Bonchev–Trinajstić information content (AvgIpc) is 3.04. The lowest BCUT2D eigenvalue weighted by atomic mass is 9.75. The van der Waals surface area contributed by atoms with E-state index in [9.17, 15) is 18.0 Å². The van der Waals surface area contributed by atoms with Crippen molar-refractivity contribution in [1.29, 1.82) is 0 Å². The molecule has 0 aliphatic heterocycles. The van der Waals surface area contributed by atoms with Crippen molar-refractivity contribution in [2.45, 2.75) is 37.8 Å². The third kappa shape index (κ3) is 4.39. The molecule has 1 saturated carbocycles. The van der Waals surface area contributed by atoms with E-state index < -0.39 is 17.7 Å². The SMILES string of the molecule is COC[C@H](C)NC(=O)OC1CC(c2c(-c3ccc(F)cc3)[nH]c3c(F)cc(F)cc23)C1. The number of ether oxygens (including phenoxy) is 2. The number of amides is 1. The molecule has 164 valence electrons. The summed E-state index contributed by atoms with van der Waals surface area (Å²) in [5.74, 6) is -1.81. The summed E-state index contributed by atoms with van der Waals surface area (Å²) in [6, 6.07) is 7.77. The molecule has 2 aromatic carbocycles. The second-order valence-corrected chi connectivity index (χ2v) is 7.93. The van der Waals surface area contributed by atoms with Crippen molar-refractivity contribution < 1.29 is 27.4 Å². The third-order valence-corrected chi connectivity index (χ3v) is 5.56. The van der Waals surface area contributed by atoms with Crippen LogP contribution in [0.4, 0.5) is 18.0 Å². The minimum absolute atomic E-state index is 0.0656. The van der Waals surface area contributed by atoms with Gasteiger partial charge in [0.2, 0.25) is 0 Å². The summed E-state index contributed by atoms with van der Waals surface area (Å²) < 4.78 is 52.2. The minimum Gasteiger partial charge on any atom is -0.446 e. The van der Waals surface area contributed by atoms with Crippen LogP contribution >= 0.6 is 0 Å². The summed E-state index contributed by atoms with van der Waals surface area (Å²) in [5, 5.41) is 3.13. The van der Waals surface area contributed by atoms with Crippen LogP contribution in [-0.2, 0) is 9.47 Å². The monoisotopic (exact) mass is 432 g/mol. The Kier molecular flexibility index (Phi) is 5.91. The molecule has 31 heavy (non-hydrogen) atoms. The molecule has 1 aliphatic carbocycles. The molecule has 0 bridgehead atoms. The number of methoxy groups -OCH3 is 1. The van der Waals surface area contributed by atoms with Gasteiger partial charge in [-0.25, -0.2) is 18.0 Å². The molecule has 1 aromatic heterocycles. The highest BCUT2D eigenvalue weighted by Gasteiger charge is 2.37. The summed E-state index contributed by atoms with van der Waals surface area (Å²) in [6.45, 7) is 2.17. The van der Waals surface area contributed by atoms with Crippen molar-refractivity contribution in [1.82, 2.24) is 10.3 Å². The first-order chi connectivity index (χ1) is 14.9. The number of nitrogens with one attached hydrogen (secondary N) is 2. The zero-order chi connectivity index (χ0) is 22.1. The minimum atomic E-state index is -0.691. The topological polar surface area (TPSA) is 63.4 Å². The normalized spacial score (nSPS) is 19.1. The maximum atomic E-state index is 14.4. The highest BCUT2D eigenvalue weighted by Crippen LogP contribution is 2.46. The molecular formula is C23H23F3N2O3. The average molecular weight is 432 g/mol. The van der Waals surface area contributed by atoms with E-state index in [0.29, 0.717) is 36.1 Å². The Morgan fingerprint density at radius 3 is 2.55 bits per heavy atom. The van der Waals surface area contributed by atoms with Crippen LogP contribution in [0, 0.1) is 17.5 Å². The van der Waals surface area contributed by atoms with Gasteiger partial charge in [0, 0.05) is 18.6 Å². The number of hydrogen-bond acceptors (Lipinski definition) is 3. The Balaban J connectivity index is 1.58. The molecule has 5 nitrogen and oxygen atoms in total. The van der Waals surface area contributed by atoms with Crippen molar-refractivity contribution in [2.24, 2.45) is 0 Å². The number of fused-ring (bicyclic) bond motifs is 1. The Morgan fingerprint density at radius 2 is 1.87 bits per heavy atom. The van der Waals surface area contributed by atoms with Gasteiger partial charge in [-0.15, -0.1) is 0 Å². The lowest BCUT2D eigenvalue weighted by Gasteiger charge is -2.35. The molecule has 8 heteroatoms. The maximum absolute atomic E-state index is 14.4. The number of aromatic amines is 1. The van der Waals surface area contributed by atoms with Crippen LogP contribution in [-0.4, -0.2) is 36.9 Å². The quantitative estimate of drug-likeness (QED) is 0.559. The third-order valence-electron chi connectivity index (χ3n) is 5.56. The highest BCUT2D eigenvalue weighted by atomic mass is 19.1. The molecule has 1 aliphatic rings. The van der Waals surface area contributed by atoms with E-state index >= 15 is 0 Å². The Labute approximate surface area is 177 Å². The Hall–Kier alpha value is -3.00. The molecule has 4 rings (SSSR count). The van der Waals surface area contributed by atoms with Gasteiger partial charge in [-0.2, -0.15) is 0 Å². The number of alkyl carbamates (subject to hydrolysis) is 1. The van der Waals surface area contributed by atoms with E-state index in [0.717, 1.165) is 11.6 Å². The van der Waals surface area contributed by atoms with Crippen LogP contribution in [0.15, 0.2) is 36.4 Å². The molecule has 2 N–H and O–H groups in total. The Morgan fingerprint density at radius 1 is 1.16 bits per heavy atom. The van der Waals surface area contributed by atoms with E-state index in [1.807, 2.05) is 0 Å². The van der Waals surface area contributed by atoms with E-state index in [-0.39, 0.29) is 29.4 Å². The number of hydrogen-bond donors (Lipinski definition) is 2. The highest BCUT2D eigenvalue weighted by molar-refractivity contribution is 5.92. The largest absolute Gasteiger partial charge is 0.446 e. The molecular weight excluding hydrogens is 409 g/mol. The number of H-pyrrole nitrogens is 1. The van der Waals surface area contributed by atoms with Crippen LogP contribution in [0.1, 0.15) is 31.2 Å². The lowest BCUT2D eigenvalue weighted by Crippen LogP contribution is -2.40. The zero-order valence-corrected chi connectivity index (χ0v) is 17.2. The fourth-order valence-electron chi connectivity index (χ4n) is 4.08.